The van der Waals surface area contributed by atoms with E-state index in [1.54, 1.807) is 24.4 Å². The lowest BCUT2D eigenvalue weighted by Crippen LogP contribution is -2.61. The number of nitrogens with one attached hydrogen (secondary N) is 2. The second kappa shape index (κ2) is 5.59. The molecule has 2 aromatic rings. The molecule has 6 nitrogen and oxygen atoms in total. The van der Waals surface area contributed by atoms with Crippen molar-refractivity contribution in [1.29, 1.82) is 0 Å². The fourth-order valence-corrected chi connectivity index (χ4v) is 3.85. The maximum Gasteiger partial charge on any atom is 0.325 e. The molecule has 7 heteroatoms. The van der Waals surface area contributed by atoms with Crippen LogP contribution < -0.4 is 15.4 Å². The van der Waals surface area contributed by atoms with Gasteiger partial charge >= 0.3 is 6.03 Å². The Kier molecular flexibility index (Phi) is 3.53. The largest absolute Gasteiger partial charge is 0.431 e. The fourth-order valence-electron chi connectivity index (χ4n) is 3.35. The molecule has 3 saturated carbocycles. The van der Waals surface area contributed by atoms with Gasteiger partial charge < -0.3 is 10.1 Å². The first kappa shape index (κ1) is 15.1. The predicted molar refractivity (Wildman–Crippen MR) is 90.3 cm³/mol. The number of aromatic nitrogens is 1. The standard InChI is InChI=1S/C17H17N3O3S/c1-10-6-12(2-3-13(10)23-16-18-4-5-24-16)19-15(22)20-14(21)17-7-11(8-17)9-17/h2-6,11H,7-9H2,1H3,(H2,19,20,21,22). The number of carbonyl (C=O) groups is 2. The maximum absolute atomic E-state index is 12.1. The molecule has 1 heterocycles. The minimum absolute atomic E-state index is 0.150. The number of imide groups is 1. The monoisotopic (exact) mass is 343 g/mol. The van der Waals surface area contributed by atoms with Crippen molar-refractivity contribution in [1.82, 2.24) is 10.3 Å². The maximum atomic E-state index is 12.1. The number of rotatable bonds is 4. The lowest BCUT2D eigenvalue weighted by atomic mass is 9.44. The highest BCUT2D eigenvalue weighted by Gasteiger charge is 2.61. The van der Waals surface area contributed by atoms with Gasteiger partial charge in [0.25, 0.3) is 5.19 Å². The zero-order chi connectivity index (χ0) is 16.7. The van der Waals surface area contributed by atoms with Gasteiger partial charge in [0.15, 0.2) is 0 Å². The molecule has 3 fully saturated rings. The Hall–Kier alpha value is -2.41. The first-order valence-corrected chi connectivity index (χ1v) is 8.72. The normalized spacial score (nSPS) is 23.6. The van der Waals surface area contributed by atoms with Crippen molar-refractivity contribution >= 4 is 29.0 Å². The molecule has 0 saturated heterocycles. The van der Waals surface area contributed by atoms with E-state index in [4.69, 9.17) is 4.74 Å². The number of nitrogens with zero attached hydrogens (tertiary/aromatic N) is 1. The Morgan fingerprint density at radius 1 is 1.33 bits per heavy atom. The smallest absolute Gasteiger partial charge is 0.325 e. The number of urea groups is 1. The summed E-state index contributed by atoms with van der Waals surface area (Å²) in [6, 6.07) is 4.82. The summed E-state index contributed by atoms with van der Waals surface area (Å²) in [5.74, 6) is 1.23. The fraction of sp³-hybridized carbons (Fsp3) is 0.353. The summed E-state index contributed by atoms with van der Waals surface area (Å²) in [7, 11) is 0. The lowest BCUT2D eigenvalue weighted by Gasteiger charge is -2.59. The summed E-state index contributed by atoms with van der Waals surface area (Å²) in [4.78, 5) is 28.2. The quantitative estimate of drug-likeness (QED) is 0.887. The summed E-state index contributed by atoms with van der Waals surface area (Å²) in [5.41, 5.74) is 1.22. The van der Waals surface area contributed by atoms with Crippen LogP contribution in [0.4, 0.5) is 10.5 Å². The Bertz CT molecular complexity index is 786. The van der Waals surface area contributed by atoms with Crippen molar-refractivity contribution in [3.8, 4) is 10.9 Å². The van der Waals surface area contributed by atoms with Crippen LogP contribution in [0.25, 0.3) is 0 Å². The molecule has 5 rings (SSSR count). The van der Waals surface area contributed by atoms with Crippen LogP contribution in [0, 0.1) is 18.3 Å². The van der Waals surface area contributed by atoms with Gasteiger partial charge in [-0.2, -0.15) is 0 Å². The number of benzene rings is 1. The first-order chi connectivity index (χ1) is 11.5. The van der Waals surface area contributed by atoms with Crippen molar-refractivity contribution in [3.05, 3.63) is 35.3 Å². The Labute approximate surface area is 143 Å². The van der Waals surface area contributed by atoms with Crippen LogP contribution in [-0.4, -0.2) is 16.9 Å². The van der Waals surface area contributed by atoms with Gasteiger partial charge in [0.05, 0.1) is 5.41 Å². The third-order valence-electron chi connectivity index (χ3n) is 4.79. The van der Waals surface area contributed by atoms with E-state index in [2.05, 4.69) is 15.6 Å². The number of aryl methyl sites for hydroxylation is 1. The number of ether oxygens (including phenoxy) is 1. The van der Waals surface area contributed by atoms with Crippen LogP contribution in [0.1, 0.15) is 24.8 Å². The molecule has 0 radical (unpaired) electrons. The molecule has 1 aromatic heterocycles. The van der Waals surface area contributed by atoms with E-state index in [0.29, 0.717) is 22.5 Å². The van der Waals surface area contributed by atoms with E-state index in [0.717, 1.165) is 24.8 Å². The van der Waals surface area contributed by atoms with Crippen LogP contribution in [-0.2, 0) is 4.79 Å². The zero-order valence-electron chi connectivity index (χ0n) is 13.2. The number of carbonyl (C=O) groups excluding carboxylic acids is 2. The third kappa shape index (κ3) is 2.65. The molecule has 2 bridgehead atoms. The van der Waals surface area contributed by atoms with Crippen LogP contribution in [0.5, 0.6) is 10.9 Å². The number of anilines is 1. The summed E-state index contributed by atoms with van der Waals surface area (Å²) in [6.45, 7) is 1.89. The van der Waals surface area contributed by atoms with Gasteiger partial charge in [0.1, 0.15) is 5.75 Å². The molecule has 3 aliphatic carbocycles. The third-order valence-corrected chi connectivity index (χ3v) is 5.43. The molecule has 0 unspecified atom stereocenters. The van der Waals surface area contributed by atoms with Crippen molar-refractivity contribution in [2.24, 2.45) is 11.3 Å². The molecule has 0 spiro atoms. The van der Waals surface area contributed by atoms with Gasteiger partial charge in [-0.15, -0.1) is 0 Å². The zero-order valence-corrected chi connectivity index (χ0v) is 14.0. The van der Waals surface area contributed by atoms with Gasteiger partial charge in [0.2, 0.25) is 5.91 Å². The van der Waals surface area contributed by atoms with E-state index in [1.807, 2.05) is 12.3 Å². The van der Waals surface area contributed by atoms with Crippen molar-refractivity contribution in [2.45, 2.75) is 26.2 Å². The minimum atomic E-state index is -0.488. The summed E-state index contributed by atoms with van der Waals surface area (Å²) >= 11 is 1.41. The Morgan fingerprint density at radius 3 is 2.71 bits per heavy atom. The van der Waals surface area contributed by atoms with Crippen molar-refractivity contribution < 1.29 is 14.3 Å². The predicted octanol–water partition coefficient (Wildman–Crippen LogP) is 3.69. The van der Waals surface area contributed by atoms with E-state index in [-0.39, 0.29) is 11.3 Å². The molecular formula is C17H17N3O3S. The first-order valence-electron chi connectivity index (χ1n) is 7.84. The van der Waals surface area contributed by atoms with E-state index >= 15 is 0 Å². The van der Waals surface area contributed by atoms with Crippen molar-refractivity contribution in [3.63, 3.8) is 0 Å². The highest BCUT2D eigenvalue weighted by molar-refractivity contribution is 7.11. The molecule has 0 atom stereocenters. The Balaban J connectivity index is 1.36. The van der Waals surface area contributed by atoms with Gasteiger partial charge in [0, 0.05) is 17.3 Å². The number of hydrogen-bond donors (Lipinski definition) is 2. The van der Waals surface area contributed by atoms with E-state index < -0.39 is 6.03 Å². The average molecular weight is 343 g/mol. The van der Waals surface area contributed by atoms with E-state index in [1.165, 1.54) is 11.3 Å². The highest BCUT2D eigenvalue weighted by Crippen LogP contribution is 2.64. The molecular weight excluding hydrogens is 326 g/mol. The summed E-state index contributed by atoms with van der Waals surface area (Å²) in [6.07, 6.45) is 4.45. The molecule has 1 aromatic carbocycles. The molecule has 3 amide bonds. The number of amides is 3. The van der Waals surface area contributed by atoms with E-state index in [9.17, 15) is 9.59 Å². The van der Waals surface area contributed by atoms with Gasteiger partial charge in [-0.3, -0.25) is 10.1 Å². The van der Waals surface area contributed by atoms with Crippen LogP contribution in [0.2, 0.25) is 0 Å². The number of hydrogen-bond acceptors (Lipinski definition) is 5. The SMILES string of the molecule is Cc1cc(NC(=O)NC(=O)C23CC(C2)C3)ccc1Oc1nccs1. The Morgan fingerprint density at radius 2 is 2.12 bits per heavy atom. The summed E-state index contributed by atoms with van der Waals surface area (Å²) < 4.78 is 5.67. The lowest BCUT2D eigenvalue weighted by molar-refractivity contribution is -0.163. The van der Waals surface area contributed by atoms with Crippen molar-refractivity contribution in [2.75, 3.05) is 5.32 Å². The molecule has 3 aliphatic rings. The molecule has 0 aliphatic heterocycles. The average Bonchev–Trinajstić information content (AvgIpc) is 2.91. The minimum Gasteiger partial charge on any atom is -0.431 e. The summed E-state index contributed by atoms with van der Waals surface area (Å²) in [5, 5.41) is 7.56. The van der Waals surface area contributed by atoms with Crippen LogP contribution >= 0.6 is 11.3 Å². The van der Waals surface area contributed by atoms with Gasteiger partial charge in [-0.05, 0) is 55.9 Å². The van der Waals surface area contributed by atoms with Crippen LogP contribution in [0.15, 0.2) is 29.8 Å². The second-order valence-corrected chi connectivity index (χ2v) is 7.40. The van der Waals surface area contributed by atoms with Gasteiger partial charge in [-0.25, -0.2) is 9.78 Å². The number of thiazole rings is 1. The molecule has 24 heavy (non-hydrogen) atoms. The van der Waals surface area contributed by atoms with Gasteiger partial charge in [-0.1, -0.05) is 11.3 Å². The van der Waals surface area contributed by atoms with Crippen LogP contribution in [0.3, 0.4) is 0 Å². The molecule has 2 N–H and O–H groups in total. The topological polar surface area (TPSA) is 80.3 Å². The molecule has 124 valence electrons. The second-order valence-electron chi connectivity index (χ2n) is 6.55. The highest BCUT2D eigenvalue weighted by atomic mass is 32.1.